The van der Waals surface area contributed by atoms with Gasteiger partial charge in [0.25, 0.3) is 0 Å². The summed E-state index contributed by atoms with van der Waals surface area (Å²) in [4.78, 5) is 4.30. The van der Waals surface area contributed by atoms with Gasteiger partial charge in [-0.2, -0.15) is 13.2 Å². The molecule has 0 aliphatic heterocycles. The zero-order valence-electron chi connectivity index (χ0n) is 11.8. The Kier molecular flexibility index (Phi) is 2.73. The molecule has 1 aromatic heterocycles. The molecule has 3 rings (SSSR count). The Morgan fingerprint density at radius 2 is 1.67 bits per heavy atom. The van der Waals surface area contributed by atoms with E-state index in [1.807, 2.05) is 0 Å². The fourth-order valence-electron chi connectivity index (χ4n) is 3.02. The van der Waals surface area contributed by atoms with Crippen LogP contribution in [0.1, 0.15) is 27.9 Å². The summed E-state index contributed by atoms with van der Waals surface area (Å²) in [7, 11) is 0. The Labute approximate surface area is 120 Å². The van der Waals surface area contributed by atoms with Gasteiger partial charge in [0, 0.05) is 22.4 Å². The van der Waals surface area contributed by atoms with E-state index >= 15 is 0 Å². The van der Waals surface area contributed by atoms with E-state index in [0.717, 1.165) is 0 Å². The van der Waals surface area contributed by atoms with Crippen LogP contribution in [0.25, 0.3) is 11.3 Å². The maximum atomic E-state index is 13.6. The number of aryl methyl sites for hydroxylation is 1. The highest BCUT2D eigenvalue weighted by Gasteiger charge is 2.62. The Morgan fingerprint density at radius 3 is 2.29 bits per heavy atom. The van der Waals surface area contributed by atoms with E-state index in [1.165, 1.54) is 12.1 Å². The highest BCUT2D eigenvalue weighted by atomic mass is 19.4. The molecular weight excluding hydrogens is 279 g/mol. The van der Waals surface area contributed by atoms with Crippen molar-refractivity contribution in [2.24, 2.45) is 0 Å². The molecule has 21 heavy (non-hydrogen) atoms. The van der Waals surface area contributed by atoms with Crippen LogP contribution in [-0.2, 0) is 5.60 Å². The van der Waals surface area contributed by atoms with Gasteiger partial charge in [-0.15, -0.1) is 0 Å². The fraction of sp³-hybridized carbons (Fsp3) is 0.312. The molecule has 2 nitrogen and oxygen atoms in total. The van der Waals surface area contributed by atoms with Crippen molar-refractivity contribution in [2.75, 3.05) is 0 Å². The number of alkyl halides is 3. The number of aliphatic hydroxyl groups is 1. The molecule has 1 aliphatic carbocycles. The van der Waals surface area contributed by atoms with E-state index in [9.17, 15) is 18.3 Å². The number of hydrogen-bond donors (Lipinski definition) is 1. The third kappa shape index (κ3) is 1.61. The first-order chi connectivity index (χ1) is 9.69. The molecule has 0 amide bonds. The van der Waals surface area contributed by atoms with Gasteiger partial charge in [0.2, 0.25) is 5.60 Å². The van der Waals surface area contributed by atoms with Gasteiger partial charge in [0.15, 0.2) is 0 Å². The molecule has 1 aliphatic rings. The van der Waals surface area contributed by atoms with E-state index < -0.39 is 11.8 Å². The summed E-state index contributed by atoms with van der Waals surface area (Å²) in [5.74, 6) is 0. The lowest BCUT2D eigenvalue weighted by atomic mass is 9.87. The molecule has 1 N–H and O–H groups in total. The molecule has 0 radical (unpaired) electrons. The molecule has 1 aromatic carbocycles. The summed E-state index contributed by atoms with van der Waals surface area (Å²) in [6.45, 7) is 5.08. The molecule has 0 fully saturated rings. The van der Waals surface area contributed by atoms with Crippen LogP contribution < -0.4 is 0 Å². The predicted octanol–water partition coefficient (Wildman–Crippen LogP) is 3.79. The van der Waals surface area contributed by atoms with Crippen LogP contribution in [0.5, 0.6) is 0 Å². The van der Waals surface area contributed by atoms with Gasteiger partial charge in [-0.1, -0.05) is 24.3 Å². The molecule has 0 spiro atoms. The third-order valence-corrected chi connectivity index (χ3v) is 4.34. The number of pyridine rings is 1. The Bertz CT molecular complexity index is 752. The Hall–Kier alpha value is -1.88. The van der Waals surface area contributed by atoms with Crippen molar-refractivity contribution in [1.29, 1.82) is 0 Å². The van der Waals surface area contributed by atoms with Gasteiger partial charge in [-0.25, -0.2) is 0 Å². The summed E-state index contributed by atoms with van der Waals surface area (Å²) < 4.78 is 40.9. The predicted molar refractivity (Wildman–Crippen MR) is 72.9 cm³/mol. The quantitative estimate of drug-likeness (QED) is 0.801. The summed E-state index contributed by atoms with van der Waals surface area (Å²) in [6.07, 6.45) is -4.80. The summed E-state index contributed by atoms with van der Waals surface area (Å²) in [5, 5.41) is 10.6. The standard InChI is InChI=1S/C16H14F3NO/c1-8-9(2)13-14(20-10(8)3)11-6-4-5-7-12(11)15(13,21)16(17,18)19/h4-7,21H,1-3H3/t15-/m1/s1. The van der Waals surface area contributed by atoms with Crippen LogP contribution in [0.4, 0.5) is 13.2 Å². The second-order valence-electron chi connectivity index (χ2n) is 5.42. The molecule has 5 heteroatoms. The lowest BCUT2D eigenvalue weighted by molar-refractivity contribution is -0.247. The topological polar surface area (TPSA) is 33.1 Å². The molecule has 110 valence electrons. The second-order valence-corrected chi connectivity index (χ2v) is 5.42. The lowest BCUT2D eigenvalue weighted by Gasteiger charge is -2.29. The largest absolute Gasteiger partial charge is 0.425 e. The summed E-state index contributed by atoms with van der Waals surface area (Å²) in [5.41, 5.74) is -0.920. The van der Waals surface area contributed by atoms with Crippen LogP contribution in [0, 0.1) is 20.8 Å². The van der Waals surface area contributed by atoms with Crippen molar-refractivity contribution in [3.8, 4) is 11.3 Å². The molecular formula is C16H14F3NO. The van der Waals surface area contributed by atoms with Crippen molar-refractivity contribution in [2.45, 2.75) is 32.5 Å². The number of fused-ring (bicyclic) bond motifs is 3. The second kappa shape index (κ2) is 4.07. The van der Waals surface area contributed by atoms with E-state index in [-0.39, 0.29) is 16.8 Å². The minimum absolute atomic E-state index is 0.140. The van der Waals surface area contributed by atoms with Crippen molar-refractivity contribution < 1.29 is 18.3 Å². The average Bonchev–Trinajstić information content (AvgIpc) is 2.67. The molecule has 2 aromatic rings. The first-order valence-corrected chi connectivity index (χ1v) is 6.57. The normalized spacial score (nSPS) is 20.3. The molecule has 1 heterocycles. The molecule has 0 saturated carbocycles. The average molecular weight is 293 g/mol. The summed E-state index contributed by atoms with van der Waals surface area (Å²) in [6, 6.07) is 6.03. The van der Waals surface area contributed by atoms with Crippen molar-refractivity contribution in [3.05, 3.63) is 52.2 Å². The van der Waals surface area contributed by atoms with Crippen LogP contribution in [0.15, 0.2) is 24.3 Å². The summed E-state index contributed by atoms with van der Waals surface area (Å²) >= 11 is 0. The van der Waals surface area contributed by atoms with Gasteiger partial charge in [0.1, 0.15) is 0 Å². The van der Waals surface area contributed by atoms with E-state index in [2.05, 4.69) is 4.98 Å². The Balaban J connectivity index is 2.50. The van der Waals surface area contributed by atoms with Crippen LogP contribution >= 0.6 is 0 Å². The van der Waals surface area contributed by atoms with Crippen LogP contribution in [-0.4, -0.2) is 16.3 Å². The van der Waals surface area contributed by atoms with Crippen molar-refractivity contribution in [3.63, 3.8) is 0 Å². The van der Waals surface area contributed by atoms with Gasteiger partial charge >= 0.3 is 6.18 Å². The lowest BCUT2D eigenvalue weighted by Crippen LogP contribution is -2.42. The SMILES string of the molecule is Cc1nc2c(c(C)c1C)[C@@](O)(C(F)(F)F)c1ccccc1-2. The highest BCUT2D eigenvalue weighted by molar-refractivity contribution is 5.79. The smallest absolute Gasteiger partial charge is 0.372 e. The number of halogens is 3. The van der Waals surface area contributed by atoms with Gasteiger partial charge < -0.3 is 5.11 Å². The number of benzene rings is 1. The first kappa shape index (κ1) is 14.1. The van der Waals surface area contributed by atoms with E-state index in [4.69, 9.17) is 0 Å². The van der Waals surface area contributed by atoms with Gasteiger partial charge in [-0.05, 0) is 31.9 Å². The van der Waals surface area contributed by atoms with Crippen molar-refractivity contribution in [1.82, 2.24) is 4.98 Å². The minimum Gasteiger partial charge on any atom is -0.372 e. The highest BCUT2D eigenvalue weighted by Crippen LogP contribution is 2.55. The monoisotopic (exact) mass is 293 g/mol. The number of nitrogens with zero attached hydrogens (tertiary/aromatic N) is 1. The van der Waals surface area contributed by atoms with Crippen molar-refractivity contribution >= 4 is 0 Å². The molecule has 0 saturated heterocycles. The molecule has 1 atom stereocenters. The minimum atomic E-state index is -4.80. The van der Waals surface area contributed by atoms with E-state index in [0.29, 0.717) is 22.4 Å². The third-order valence-electron chi connectivity index (χ3n) is 4.34. The Morgan fingerprint density at radius 1 is 1.05 bits per heavy atom. The zero-order chi connectivity index (χ0) is 15.6. The fourth-order valence-corrected chi connectivity index (χ4v) is 3.02. The van der Waals surface area contributed by atoms with Crippen LogP contribution in [0.2, 0.25) is 0 Å². The van der Waals surface area contributed by atoms with E-state index in [1.54, 1.807) is 32.9 Å². The van der Waals surface area contributed by atoms with Crippen LogP contribution in [0.3, 0.4) is 0 Å². The molecule has 0 bridgehead atoms. The van der Waals surface area contributed by atoms with Gasteiger partial charge in [-0.3, -0.25) is 4.98 Å². The maximum Gasteiger partial charge on any atom is 0.425 e. The number of rotatable bonds is 0. The zero-order valence-corrected chi connectivity index (χ0v) is 11.8. The molecule has 0 unspecified atom stereocenters. The number of aromatic nitrogens is 1. The first-order valence-electron chi connectivity index (χ1n) is 6.57. The maximum absolute atomic E-state index is 13.6. The van der Waals surface area contributed by atoms with Gasteiger partial charge in [0.05, 0.1) is 5.69 Å². The number of hydrogen-bond acceptors (Lipinski definition) is 2.